The quantitative estimate of drug-likeness (QED) is 0.377. The van der Waals surface area contributed by atoms with Crippen LogP contribution in [0.25, 0.3) is 33.1 Å². The summed E-state index contributed by atoms with van der Waals surface area (Å²) in [4.78, 5) is 6.88. The lowest BCUT2D eigenvalue weighted by atomic mass is 10.0. The predicted molar refractivity (Wildman–Crippen MR) is 132 cm³/mol. The van der Waals surface area contributed by atoms with E-state index in [4.69, 9.17) is 9.72 Å². The number of halogens is 1. The first-order chi connectivity index (χ1) is 16.4. The monoisotopic (exact) mass is 483 g/mol. The molecule has 6 rings (SSSR count). The molecular weight excluding hydrogens is 457 g/mol. The first kappa shape index (κ1) is 21.4. The van der Waals surface area contributed by atoms with Gasteiger partial charge < -0.3 is 19.5 Å². The summed E-state index contributed by atoms with van der Waals surface area (Å²) < 4.78 is 48.6. The Kier molecular flexibility index (Phi) is 5.03. The van der Waals surface area contributed by atoms with Crippen LogP contribution in [-0.4, -0.2) is 50.8 Å². The molecule has 1 saturated heterocycles. The highest BCUT2D eigenvalue weighted by Gasteiger charge is 2.32. The Morgan fingerprint density at radius 2 is 2.06 bits per heavy atom. The number of pyridine rings is 1. The maximum absolute atomic E-state index is 15.8. The number of benzene rings is 2. The van der Waals surface area contributed by atoms with E-state index in [-0.39, 0.29) is 11.9 Å². The Balaban J connectivity index is 1.65. The molecule has 2 N–H and O–H groups in total. The zero-order valence-corrected chi connectivity index (χ0v) is 19.9. The zero-order chi connectivity index (χ0) is 23.6. The van der Waals surface area contributed by atoms with Crippen molar-refractivity contribution in [2.24, 2.45) is 0 Å². The molecule has 3 heterocycles. The van der Waals surface area contributed by atoms with Crippen LogP contribution in [-0.2, 0) is 10.9 Å². The molecule has 2 aromatic rings. The molecule has 1 unspecified atom stereocenters. The predicted octanol–water partition coefficient (Wildman–Crippen LogP) is 3.51. The molecule has 1 saturated carbocycles. The summed E-state index contributed by atoms with van der Waals surface area (Å²) in [5, 5.41) is 4.93. The fraction of sp³-hybridized carbons (Fsp3) is 0.375. The zero-order valence-electron chi connectivity index (χ0n) is 19.0. The number of piperazine rings is 1. The third-order valence-electron chi connectivity index (χ3n) is 6.79. The van der Waals surface area contributed by atoms with Gasteiger partial charge in [-0.3, -0.25) is 4.72 Å². The van der Waals surface area contributed by atoms with E-state index in [1.807, 2.05) is 0 Å². The fourth-order valence-electron chi connectivity index (χ4n) is 5.18. The van der Waals surface area contributed by atoms with Gasteiger partial charge >= 0.3 is 0 Å². The summed E-state index contributed by atoms with van der Waals surface area (Å²) in [7, 11) is -1.17. The number of ether oxygens (including phenoxy) is 1. The molecule has 0 spiro atoms. The summed E-state index contributed by atoms with van der Waals surface area (Å²) in [6.45, 7) is 4.27. The molecule has 3 aliphatic heterocycles. The van der Waals surface area contributed by atoms with Crippen molar-refractivity contribution in [3.8, 4) is 17.0 Å². The fourth-order valence-corrected chi connectivity index (χ4v) is 5.53. The molecule has 0 radical (unpaired) electrons. The van der Waals surface area contributed by atoms with Crippen molar-refractivity contribution in [2.75, 3.05) is 36.4 Å². The Morgan fingerprint density at radius 3 is 2.76 bits per heavy atom. The van der Waals surface area contributed by atoms with E-state index in [0.717, 1.165) is 41.4 Å². The molecule has 10 heteroatoms. The van der Waals surface area contributed by atoms with Crippen molar-refractivity contribution in [1.29, 1.82) is 0 Å². The Bertz CT molecular complexity index is 1470. The lowest BCUT2D eigenvalue weighted by molar-refractivity contribution is 0.407. The van der Waals surface area contributed by atoms with E-state index in [1.54, 1.807) is 31.4 Å². The minimum Gasteiger partial charge on any atom is -0.492 e. The van der Waals surface area contributed by atoms with E-state index in [9.17, 15) is 8.42 Å². The van der Waals surface area contributed by atoms with Gasteiger partial charge in [0.15, 0.2) is 11.6 Å². The molecule has 0 aromatic heterocycles. The van der Waals surface area contributed by atoms with Crippen LogP contribution in [0.4, 0.5) is 15.8 Å². The Morgan fingerprint density at radius 1 is 1.24 bits per heavy atom. The molecule has 1 aliphatic carbocycles. The highest BCUT2D eigenvalue weighted by atomic mass is 32.2. The van der Waals surface area contributed by atoms with E-state index >= 15 is 4.39 Å². The second kappa shape index (κ2) is 7.99. The van der Waals surface area contributed by atoms with Gasteiger partial charge in [0.05, 0.1) is 23.8 Å². The van der Waals surface area contributed by atoms with Crippen LogP contribution in [0, 0.1) is 5.82 Å². The van der Waals surface area contributed by atoms with E-state index in [0.29, 0.717) is 47.3 Å². The van der Waals surface area contributed by atoms with Crippen LogP contribution in [0.5, 0.6) is 5.75 Å². The van der Waals surface area contributed by atoms with Crippen molar-refractivity contribution < 1.29 is 17.5 Å². The first-order valence-corrected chi connectivity index (χ1v) is 12.7. The number of fused-ring (bicyclic) bond motifs is 5. The number of rotatable bonds is 5. The van der Waals surface area contributed by atoms with Gasteiger partial charge in [-0.1, -0.05) is 0 Å². The van der Waals surface area contributed by atoms with Crippen LogP contribution in [0.15, 0.2) is 30.5 Å². The SMILES string of the molecule is COc1c(N2CCNC(C)C2)c(F)cc2c3nc4ccc(N[SH](=O)=O)cc4c-3cn(C3CC3)c12. The third-order valence-corrected chi connectivity index (χ3v) is 7.23. The molecule has 8 nitrogen and oxygen atoms in total. The van der Waals surface area contributed by atoms with E-state index in [1.165, 1.54) is 0 Å². The summed E-state index contributed by atoms with van der Waals surface area (Å²) in [6, 6.07) is 7.39. The molecule has 0 amide bonds. The van der Waals surface area contributed by atoms with Crippen molar-refractivity contribution in [2.45, 2.75) is 31.8 Å². The largest absolute Gasteiger partial charge is 0.492 e. The summed E-state index contributed by atoms with van der Waals surface area (Å²) in [5.74, 6) is 0.210. The summed E-state index contributed by atoms with van der Waals surface area (Å²) >= 11 is 0. The van der Waals surface area contributed by atoms with Crippen molar-refractivity contribution in [1.82, 2.24) is 14.9 Å². The number of hydrogen-bond donors (Lipinski definition) is 3. The third kappa shape index (κ3) is 3.43. The van der Waals surface area contributed by atoms with E-state index < -0.39 is 10.9 Å². The average molecular weight is 484 g/mol. The number of methoxy groups -OCH3 is 1. The van der Waals surface area contributed by atoms with Gasteiger partial charge in [-0.2, -0.15) is 0 Å². The van der Waals surface area contributed by atoms with Crippen molar-refractivity contribution >= 4 is 44.1 Å². The Labute approximate surface area is 198 Å². The van der Waals surface area contributed by atoms with Crippen LogP contribution >= 0.6 is 0 Å². The van der Waals surface area contributed by atoms with Gasteiger partial charge in [0.1, 0.15) is 5.69 Å². The molecule has 0 bridgehead atoms. The van der Waals surface area contributed by atoms with Gasteiger partial charge in [-0.05, 0) is 44.0 Å². The second-order valence-electron chi connectivity index (χ2n) is 9.18. The second-order valence-corrected chi connectivity index (χ2v) is 9.92. The lowest BCUT2D eigenvalue weighted by Gasteiger charge is -2.35. The molecular formula is C24H26FN5O3S. The topological polar surface area (TPSA) is 88.5 Å². The number of hydrogen-bond acceptors (Lipinski definition) is 6. The smallest absolute Gasteiger partial charge is 0.222 e. The number of aromatic nitrogens is 2. The molecule has 178 valence electrons. The van der Waals surface area contributed by atoms with E-state index in [2.05, 4.69) is 32.6 Å². The van der Waals surface area contributed by atoms with Crippen LogP contribution in [0.2, 0.25) is 0 Å². The highest BCUT2D eigenvalue weighted by Crippen LogP contribution is 2.49. The first-order valence-electron chi connectivity index (χ1n) is 11.5. The van der Waals surface area contributed by atoms with Crippen molar-refractivity contribution in [3.63, 3.8) is 0 Å². The van der Waals surface area contributed by atoms with Crippen LogP contribution in [0.3, 0.4) is 0 Å². The number of thiol groups is 1. The van der Waals surface area contributed by atoms with Gasteiger partial charge in [-0.15, -0.1) is 0 Å². The molecule has 4 aliphatic rings. The summed E-state index contributed by atoms with van der Waals surface area (Å²) in [6.07, 6.45) is 4.15. The normalized spacial score (nSPS) is 18.9. The highest BCUT2D eigenvalue weighted by molar-refractivity contribution is 7.73. The maximum Gasteiger partial charge on any atom is 0.222 e. The lowest BCUT2D eigenvalue weighted by Crippen LogP contribution is -2.49. The minimum absolute atomic E-state index is 0.251. The molecule has 1 atom stereocenters. The molecule has 34 heavy (non-hydrogen) atoms. The number of anilines is 2. The standard InChI is InChI=1S/C24H26FN5O3S/c1-13-11-29(8-7-26-13)23-19(25)10-17-21-18(12-30(15-4-5-15)22(17)24(23)33-2)16-9-14(28-34(31)32)3-6-20(16)27-21/h3,6,9-10,12-13,15,26,34H,4-5,7-8,11H2,1-2H3,(H,28,31,32). The van der Waals surface area contributed by atoms with Gasteiger partial charge in [-0.25, -0.2) is 17.8 Å². The molecule has 2 aromatic carbocycles. The average Bonchev–Trinajstić information content (AvgIpc) is 3.58. The van der Waals surface area contributed by atoms with Crippen LogP contribution < -0.4 is 19.7 Å². The molecule has 2 fully saturated rings. The van der Waals surface area contributed by atoms with Crippen LogP contribution in [0.1, 0.15) is 25.8 Å². The minimum atomic E-state index is -2.77. The number of nitrogens with zero attached hydrogens (tertiary/aromatic N) is 3. The maximum atomic E-state index is 15.8. The van der Waals surface area contributed by atoms with Gasteiger partial charge in [0.25, 0.3) is 0 Å². The summed E-state index contributed by atoms with van der Waals surface area (Å²) in [5.41, 5.74) is 4.11. The van der Waals surface area contributed by atoms with Gasteiger partial charge in [0.2, 0.25) is 10.9 Å². The van der Waals surface area contributed by atoms with Crippen molar-refractivity contribution in [3.05, 3.63) is 36.3 Å². The van der Waals surface area contributed by atoms with Gasteiger partial charge in [0, 0.05) is 59.9 Å². The number of nitrogens with one attached hydrogen (secondary N) is 2. The Hall–Kier alpha value is -3.11.